The molecule has 246 valence electrons. The maximum atomic E-state index is 14.3. The monoisotopic (exact) mass is 655 g/mol. The highest BCUT2D eigenvalue weighted by molar-refractivity contribution is 5.94. The average Bonchev–Trinajstić information content (AvgIpc) is 3.52. The number of nitrogens with one attached hydrogen (secondary N) is 1. The fourth-order valence-electron chi connectivity index (χ4n) is 7.50. The first-order valence-corrected chi connectivity index (χ1v) is 15.0. The van der Waals surface area contributed by atoms with Crippen LogP contribution in [0.15, 0.2) is 54.7 Å². The molecule has 0 saturated heterocycles. The Labute approximate surface area is 266 Å². The van der Waals surface area contributed by atoms with Crippen LogP contribution in [-0.2, 0) is 29.4 Å². The number of hydrogen-bond donors (Lipinski definition) is 2. The molecular formula is C34H31F6N5O2. The highest BCUT2D eigenvalue weighted by atomic mass is 19.4. The summed E-state index contributed by atoms with van der Waals surface area (Å²) in [7, 11) is 0. The minimum Gasteiger partial charge on any atom is -0.366 e. The summed E-state index contributed by atoms with van der Waals surface area (Å²) >= 11 is 0. The summed E-state index contributed by atoms with van der Waals surface area (Å²) in [5.74, 6) is -4.52. The summed E-state index contributed by atoms with van der Waals surface area (Å²) in [5, 5.41) is 6.71. The second kappa shape index (κ2) is 11.2. The molecule has 2 aliphatic carbocycles. The molecule has 1 saturated carbocycles. The Balaban J connectivity index is 1.40. The largest absolute Gasteiger partial charge is 0.435 e. The number of carbonyl (C=O) groups excluding carboxylic acids is 2. The molecule has 2 bridgehead atoms. The van der Waals surface area contributed by atoms with Gasteiger partial charge in [0.15, 0.2) is 5.69 Å². The number of benzene rings is 2. The van der Waals surface area contributed by atoms with Crippen molar-refractivity contribution in [2.75, 3.05) is 0 Å². The van der Waals surface area contributed by atoms with E-state index in [2.05, 4.69) is 15.4 Å². The Hall–Kier alpha value is -4.68. The highest BCUT2D eigenvalue weighted by Crippen LogP contribution is 2.69. The number of primary amides is 1. The first-order chi connectivity index (χ1) is 22.0. The lowest BCUT2D eigenvalue weighted by molar-refractivity contribution is -0.143. The molecule has 0 radical (unpaired) electrons. The van der Waals surface area contributed by atoms with E-state index < -0.39 is 64.6 Å². The normalized spacial score (nSPS) is 20.2. The third-order valence-corrected chi connectivity index (χ3v) is 10.1. The number of rotatable bonds is 8. The van der Waals surface area contributed by atoms with Gasteiger partial charge in [0, 0.05) is 40.4 Å². The summed E-state index contributed by atoms with van der Waals surface area (Å²) in [6, 6.07) is 8.61. The molecule has 4 aromatic rings. The van der Waals surface area contributed by atoms with Crippen LogP contribution >= 0.6 is 0 Å². The van der Waals surface area contributed by atoms with Gasteiger partial charge in [-0.05, 0) is 66.1 Å². The maximum absolute atomic E-state index is 14.3. The zero-order valence-corrected chi connectivity index (χ0v) is 25.7. The molecule has 7 nitrogen and oxygen atoms in total. The Bertz CT molecular complexity index is 1900. The Morgan fingerprint density at radius 1 is 1.06 bits per heavy atom. The Morgan fingerprint density at radius 2 is 1.77 bits per heavy atom. The van der Waals surface area contributed by atoms with Gasteiger partial charge in [0.1, 0.15) is 24.0 Å². The summed E-state index contributed by atoms with van der Waals surface area (Å²) in [6.45, 7) is 5.13. The van der Waals surface area contributed by atoms with Gasteiger partial charge in [-0.2, -0.15) is 18.3 Å². The molecule has 1 unspecified atom stereocenters. The minimum atomic E-state index is -4.73. The van der Waals surface area contributed by atoms with Crippen LogP contribution in [0, 0.1) is 22.9 Å². The first-order valence-electron chi connectivity index (χ1n) is 15.0. The number of amides is 2. The van der Waals surface area contributed by atoms with Crippen LogP contribution in [0.25, 0.3) is 11.1 Å². The maximum Gasteiger partial charge on any atom is 0.435 e. The highest BCUT2D eigenvalue weighted by Gasteiger charge is 2.64. The summed E-state index contributed by atoms with van der Waals surface area (Å²) in [6.07, 6.45) is -2.28. The van der Waals surface area contributed by atoms with Gasteiger partial charge in [-0.3, -0.25) is 19.3 Å². The molecule has 1 fully saturated rings. The van der Waals surface area contributed by atoms with Crippen molar-refractivity contribution in [1.29, 1.82) is 0 Å². The van der Waals surface area contributed by atoms with Crippen molar-refractivity contribution < 1.29 is 35.9 Å². The van der Waals surface area contributed by atoms with E-state index in [1.165, 1.54) is 18.3 Å². The number of aromatic nitrogens is 3. The topological polar surface area (TPSA) is 103 Å². The van der Waals surface area contributed by atoms with Crippen LogP contribution in [0.4, 0.5) is 26.3 Å². The lowest BCUT2D eigenvalue weighted by Gasteiger charge is -2.35. The number of pyridine rings is 1. The smallest absolute Gasteiger partial charge is 0.366 e. The number of carbonyl (C=O) groups is 2. The lowest BCUT2D eigenvalue weighted by Crippen LogP contribution is -2.35. The predicted octanol–water partition coefficient (Wildman–Crippen LogP) is 6.76. The van der Waals surface area contributed by atoms with Gasteiger partial charge >= 0.3 is 6.18 Å². The number of nitrogens with two attached hydrogens (primary N) is 1. The van der Waals surface area contributed by atoms with E-state index in [0.717, 1.165) is 22.9 Å². The number of fused-ring (bicyclic) bond motifs is 5. The summed E-state index contributed by atoms with van der Waals surface area (Å²) in [5.41, 5.74) is 4.22. The van der Waals surface area contributed by atoms with Gasteiger partial charge in [0.25, 0.3) is 5.91 Å². The van der Waals surface area contributed by atoms with E-state index >= 15 is 0 Å². The second-order valence-corrected chi connectivity index (χ2v) is 13.0. The van der Waals surface area contributed by atoms with Crippen molar-refractivity contribution in [2.45, 2.75) is 70.1 Å². The molecule has 3 atom stereocenters. The molecule has 0 spiro atoms. The van der Waals surface area contributed by atoms with Crippen LogP contribution in [0.3, 0.4) is 0 Å². The fourth-order valence-corrected chi connectivity index (χ4v) is 7.50. The molecule has 6 rings (SSSR count). The standard InChI is InChI=1S/C34H31F6N5O2/c1-32(2)23-8-9-33(32,3)27-29(23)45(44-30(27)34(38,39)40)16-26(46)43-25(13-17-11-19(35)15-20(36)12-17)28-21(5-4-10-42-28)18-6-7-24(37)22(14-18)31(41)47/h4-7,10-12,14-15,23,25H,8-9,13,16H2,1-3H3,(H2,41,47)(H,43,46)/t23?,25-,33+/m0/s1. The molecule has 2 aliphatic rings. The number of alkyl halides is 3. The fraction of sp³-hybridized carbons (Fsp3) is 0.353. The first kappa shape index (κ1) is 32.3. The van der Waals surface area contributed by atoms with E-state index in [1.54, 1.807) is 12.1 Å². The van der Waals surface area contributed by atoms with E-state index in [1.807, 2.05) is 20.8 Å². The van der Waals surface area contributed by atoms with Crippen LogP contribution in [0.5, 0.6) is 0 Å². The van der Waals surface area contributed by atoms with Crippen LogP contribution in [0.1, 0.15) is 84.1 Å². The number of halogens is 6. The van der Waals surface area contributed by atoms with Crippen LogP contribution in [0.2, 0.25) is 0 Å². The second-order valence-electron chi connectivity index (χ2n) is 13.0. The molecule has 0 aliphatic heterocycles. The van der Waals surface area contributed by atoms with E-state index in [4.69, 9.17) is 5.73 Å². The third-order valence-electron chi connectivity index (χ3n) is 10.1. The van der Waals surface area contributed by atoms with Crippen molar-refractivity contribution in [3.8, 4) is 11.1 Å². The molecule has 47 heavy (non-hydrogen) atoms. The van der Waals surface area contributed by atoms with Crippen molar-refractivity contribution in [3.63, 3.8) is 0 Å². The lowest BCUT2D eigenvalue weighted by atomic mass is 9.68. The van der Waals surface area contributed by atoms with Crippen LogP contribution in [-0.4, -0.2) is 26.6 Å². The third kappa shape index (κ3) is 5.44. The van der Waals surface area contributed by atoms with E-state index in [9.17, 15) is 35.9 Å². The molecular weight excluding hydrogens is 624 g/mol. The van der Waals surface area contributed by atoms with Gasteiger partial charge < -0.3 is 11.1 Å². The average molecular weight is 656 g/mol. The summed E-state index contributed by atoms with van der Waals surface area (Å²) < 4.78 is 86.7. The Kier molecular flexibility index (Phi) is 7.71. The number of hydrogen-bond acceptors (Lipinski definition) is 4. The summed E-state index contributed by atoms with van der Waals surface area (Å²) in [4.78, 5) is 30.0. The molecule has 13 heteroatoms. The van der Waals surface area contributed by atoms with Gasteiger partial charge in [0.2, 0.25) is 5.91 Å². The molecule has 2 aromatic carbocycles. The van der Waals surface area contributed by atoms with Gasteiger partial charge in [-0.1, -0.05) is 32.9 Å². The minimum absolute atomic E-state index is 0.124. The Morgan fingerprint density at radius 3 is 2.43 bits per heavy atom. The van der Waals surface area contributed by atoms with E-state index in [-0.39, 0.29) is 34.7 Å². The van der Waals surface area contributed by atoms with Crippen LogP contribution < -0.4 is 11.1 Å². The molecule has 3 N–H and O–H groups in total. The molecule has 2 aromatic heterocycles. The van der Waals surface area contributed by atoms with E-state index in [0.29, 0.717) is 35.7 Å². The van der Waals surface area contributed by atoms with Gasteiger partial charge in [-0.15, -0.1) is 0 Å². The van der Waals surface area contributed by atoms with Crippen molar-refractivity contribution in [3.05, 3.63) is 106 Å². The quantitative estimate of drug-likeness (QED) is 0.205. The van der Waals surface area contributed by atoms with Gasteiger partial charge in [0.05, 0.1) is 17.3 Å². The SMILES string of the molecule is CC1(C)C2CC[C@]1(C)c1c(C(F)(F)F)nn(CC(=O)N[C@@H](Cc3cc(F)cc(F)c3)c3ncccc3-c3ccc(F)c(C(N)=O)c3)c12. The van der Waals surface area contributed by atoms with Crippen molar-refractivity contribution >= 4 is 11.8 Å². The van der Waals surface area contributed by atoms with Crippen molar-refractivity contribution in [1.82, 2.24) is 20.1 Å². The zero-order chi connectivity index (χ0) is 34.1. The van der Waals surface area contributed by atoms with Crippen molar-refractivity contribution in [2.24, 2.45) is 11.1 Å². The molecule has 2 heterocycles. The van der Waals surface area contributed by atoms with Gasteiger partial charge in [-0.25, -0.2) is 13.2 Å². The molecule has 2 amide bonds. The zero-order valence-electron chi connectivity index (χ0n) is 25.7. The number of nitrogens with zero attached hydrogens (tertiary/aromatic N) is 3. The predicted molar refractivity (Wildman–Crippen MR) is 159 cm³/mol.